The monoisotopic (exact) mass is 491 g/mol. The summed E-state index contributed by atoms with van der Waals surface area (Å²) < 4.78 is 7.87. The molecule has 8 heteroatoms. The Morgan fingerprint density at radius 1 is 1.11 bits per heavy atom. The summed E-state index contributed by atoms with van der Waals surface area (Å²) >= 11 is 0. The number of hydrogen-bond acceptors (Lipinski definition) is 6. The average Bonchev–Trinajstić information content (AvgIpc) is 3.23. The summed E-state index contributed by atoms with van der Waals surface area (Å²) in [6.45, 7) is 10.8. The molecule has 0 radical (unpaired) electrons. The molecular weight excluding hydrogens is 453 g/mol. The van der Waals surface area contributed by atoms with E-state index < -0.39 is 7.12 Å². The smallest absolute Gasteiger partial charge is 0.423 e. The highest BCUT2D eigenvalue weighted by Crippen LogP contribution is 2.20. The molecular formula is C28H38BN3O4. The van der Waals surface area contributed by atoms with Gasteiger partial charge in [0.15, 0.2) is 5.78 Å². The molecule has 0 aliphatic carbocycles. The molecule has 2 N–H and O–H groups in total. The Balaban J connectivity index is 1.62. The molecule has 0 atom stereocenters. The number of nitrogens with zero attached hydrogens (tertiary/aromatic N) is 3. The first-order valence-electron chi connectivity index (χ1n) is 12.9. The molecule has 0 aliphatic heterocycles. The van der Waals surface area contributed by atoms with Crippen molar-refractivity contribution in [3.05, 3.63) is 65.5 Å². The van der Waals surface area contributed by atoms with Crippen molar-refractivity contribution in [2.45, 2.75) is 53.2 Å². The average molecular weight is 491 g/mol. The van der Waals surface area contributed by atoms with Crippen molar-refractivity contribution in [3.63, 3.8) is 0 Å². The van der Waals surface area contributed by atoms with Gasteiger partial charge in [0, 0.05) is 19.5 Å². The highest BCUT2D eigenvalue weighted by molar-refractivity contribution is 6.58. The van der Waals surface area contributed by atoms with Crippen molar-refractivity contribution in [3.8, 4) is 0 Å². The van der Waals surface area contributed by atoms with Gasteiger partial charge in [-0.05, 0) is 54.3 Å². The Labute approximate surface area is 214 Å². The first kappa shape index (κ1) is 27.8. The van der Waals surface area contributed by atoms with Crippen molar-refractivity contribution in [1.82, 2.24) is 14.5 Å². The predicted molar refractivity (Wildman–Crippen MR) is 146 cm³/mol. The van der Waals surface area contributed by atoms with Crippen LogP contribution in [-0.4, -0.2) is 63.6 Å². The zero-order chi connectivity index (χ0) is 25.9. The molecule has 0 spiro atoms. The number of rotatable bonds is 15. The van der Waals surface area contributed by atoms with Gasteiger partial charge in [-0.2, -0.15) is 0 Å². The minimum Gasteiger partial charge on any atom is -0.423 e. The maximum absolute atomic E-state index is 12.3. The van der Waals surface area contributed by atoms with Gasteiger partial charge in [-0.3, -0.25) is 4.79 Å². The first-order valence-corrected chi connectivity index (χ1v) is 12.9. The highest BCUT2D eigenvalue weighted by Gasteiger charge is 2.12. The maximum Gasteiger partial charge on any atom is 0.488 e. The lowest BCUT2D eigenvalue weighted by Crippen LogP contribution is -2.29. The van der Waals surface area contributed by atoms with Crippen LogP contribution in [0.4, 0.5) is 0 Å². The Morgan fingerprint density at radius 2 is 1.86 bits per heavy atom. The van der Waals surface area contributed by atoms with Crippen LogP contribution < -0.4 is 5.46 Å². The predicted octanol–water partition coefficient (Wildman–Crippen LogP) is 3.20. The van der Waals surface area contributed by atoms with E-state index in [1.165, 1.54) is 0 Å². The van der Waals surface area contributed by atoms with Crippen molar-refractivity contribution < 1.29 is 19.6 Å². The Kier molecular flexibility index (Phi) is 10.9. The number of aryl methyl sites for hydroxylation is 1. The molecule has 192 valence electrons. The van der Waals surface area contributed by atoms with Gasteiger partial charge in [0.1, 0.15) is 12.4 Å². The van der Waals surface area contributed by atoms with Crippen LogP contribution in [0.25, 0.3) is 17.1 Å². The summed E-state index contributed by atoms with van der Waals surface area (Å²) in [7, 11) is -1.49. The second-order valence-corrected chi connectivity index (χ2v) is 8.97. The molecule has 1 heterocycles. The molecule has 7 nitrogen and oxygen atoms in total. The fourth-order valence-electron chi connectivity index (χ4n) is 4.15. The summed E-state index contributed by atoms with van der Waals surface area (Å²) in [5.74, 6) is 1.01. The van der Waals surface area contributed by atoms with E-state index in [0.29, 0.717) is 5.46 Å². The van der Waals surface area contributed by atoms with Gasteiger partial charge in [-0.25, -0.2) is 4.98 Å². The lowest BCUT2D eigenvalue weighted by atomic mass is 9.80. The van der Waals surface area contributed by atoms with E-state index in [2.05, 4.69) is 36.3 Å². The second kappa shape index (κ2) is 14.1. The third-order valence-corrected chi connectivity index (χ3v) is 6.39. The van der Waals surface area contributed by atoms with Gasteiger partial charge in [0.2, 0.25) is 0 Å². The standard InChI is InChI=1S/C28H38BN3O4/c1-4-7-8-28-30-26-19-22(12-16-27(26)32(28)18-17-31(5-2)6-3)11-15-25(33)21-36-20-23-9-13-24(14-10-23)29(34)35/h9-16,19,34-35H,4-8,17-18,20-21H2,1-3H3/b15-11+. The number of hydrogen-bond donors (Lipinski definition) is 2. The normalized spacial score (nSPS) is 11.7. The zero-order valence-corrected chi connectivity index (χ0v) is 21.7. The summed E-state index contributed by atoms with van der Waals surface area (Å²) in [6, 6.07) is 12.9. The van der Waals surface area contributed by atoms with Crippen LogP contribution in [0, 0.1) is 0 Å². The molecule has 0 unspecified atom stereocenters. The van der Waals surface area contributed by atoms with Crippen LogP contribution in [0.2, 0.25) is 0 Å². The maximum atomic E-state index is 12.3. The summed E-state index contributed by atoms with van der Waals surface area (Å²) in [5, 5.41) is 18.3. The van der Waals surface area contributed by atoms with Crippen molar-refractivity contribution in [2.24, 2.45) is 0 Å². The quantitative estimate of drug-likeness (QED) is 0.251. The number of unbranched alkanes of at least 4 members (excludes halogenated alkanes) is 1. The van der Waals surface area contributed by atoms with Gasteiger partial charge in [-0.1, -0.05) is 63.6 Å². The summed E-state index contributed by atoms with van der Waals surface area (Å²) in [4.78, 5) is 19.7. The molecule has 0 amide bonds. The molecule has 2 aromatic carbocycles. The van der Waals surface area contributed by atoms with Gasteiger partial charge in [0.05, 0.1) is 17.6 Å². The first-order chi connectivity index (χ1) is 17.4. The minimum absolute atomic E-state index is 0.0235. The molecule has 0 bridgehead atoms. The van der Waals surface area contributed by atoms with Gasteiger partial charge in [0.25, 0.3) is 0 Å². The topological polar surface area (TPSA) is 87.8 Å². The third kappa shape index (κ3) is 7.86. The van der Waals surface area contributed by atoms with E-state index in [1.807, 2.05) is 18.2 Å². The van der Waals surface area contributed by atoms with E-state index >= 15 is 0 Å². The Bertz CT molecular complexity index is 1140. The number of likely N-dealkylation sites (N-methyl/N-ethyl adjacent to an activating group) is 1. The SMILES string of the molecule is CCCCc1nc2cc(/C=C/C(=O)COCc3ccc(B(O)O)cc3)ccc2n1CCN(CC)CC. The summed E-state index contributed by atoms with van der Waals surface area (Å²) in [5.41, 5.74) is 4.31. The van der Waals surface area contributed by atoms with Gasteiger partial charge >= 0.3 is 7.12 Å². The highest BCUT2D eigenvalue weighted by atomic mass is 16.5. The molecule has 0 saturated heterocycles. The lowest BCUT2D eigenvalue weighted by molar-refractivity contribution is -0.119. The molecule has 0 aliphatic rings. The van der Waals surface area contributed by atoms with Crippen LogP contribution in [0.5, 0.6) is 0 Å². The number of imidazole rings is 1. The fourth-order valence-corrected chi connectivity index (χ4v) is 4.15. The molecule has 1 aromatic heterocycles. The van der Waals surface area contributed by atoms with E-state index in [-0.39, 0.29) is 19.0 Å². The number of aromatic nitrogens is 2. The van der Waals surface area contributed by atoms with E-state index in [9.17, 15) is 4.79 Å². The largest absolute Gasteiger partial charge is 0.488 e. The number of ether oxygens (including phenoxy) is 1. The van der Waals surface area contributed by atoms with Crippen molar-refractivity contribution in [1.29, 1.82) is 0 Å². The number of carbonyl (C=O) groups excluding carboxylic acids is 1. The van der Waals surface area contributed by atoms with Crippen LogP contribution in [0.3, 0.4) is 0 Å². The molecule has 3 aromatic rings. The lowest BCUT2D eigenvalue weighted by Gasteiger charge is -2.19. The second-order valence-electron chi connectivity index (χ2n) is 8.97. The molecule has 36 heavy (non-hydrogen) atoms. The van der Waals surface area contributed by atoms with Crippen molar-refractivity contribution >= 4 is 35.5 Å². The molecule has 3 rings (SSSR count). The Morgan fingerprint density at radius 3 is 2.53 bits per heavy atom. The fraction of sp³-hybridized carbons (Fsp3) is 0.429. The number of benzene rings is 2. The number of fused-ring (bicyclic) bond motifs is 1. The van der Waals surface area contributed by atoms with E-state index in [4.69, 9.17) is 19.8 Å². The van der Waals surface area contributed by atoms with Crippen LogP contribution in [-0.2, 0) is 29.1 Å². The van der Waals surface area contributed by atoms with Crippen LogP contribution in [0.15, 0.2) is 48.5 Å². The third-order valence-electron chi connectivity index (χ3n) is 6.39. The van der Waals surface area contributed by atoms with Gasteiger partial charge < -0.3 is 24.3 Å². The van der Waals surface area contributed by atoms with E-state index in [0.717, 1.165) is 73.4 Å². The number of carbonyl (C=O) groups is 1. The van der Waals surface area contributed by atoms with E-state index in [1.54, 1.807) is 30.3 Å². The number of ketones is 1. The molecule has 0 saturated carbocycles. The van der Waals surface area contributed by atoms with Crippen LogP contribution in [0.1, 0.15) is 50.6 Å². The van der Waals surface area contributed by atoms with Crippen molar-refractivity contribution in [2.75, 3.05) is 26.2 Å². The molecule has 0 fully saturated rings. The van der Waals surface area contributed by atoms with Gasteiger partial charge in [-0.15, -0.1) is 0 Å². The zero-order valence-electron chi connectivity index (χ0n) is 21.7. The Hall–Kier alpha value is -2.78. The minimum atomic E-state index is -1.49. The van der Waals surface area contributed by atoms with Crippen LogP contribution >= 0.6 is 0 Å². The summed E-state index contributed by atoms with van der Waals surface area (Å²) in [6.07, 6.45) is 6.57.